The summed E-state index contributed by atoms with van der Waals surface area (Å²) in [6.07, 6.45) is 1.65. The molecule has 2 aromatic heterocycles. The largest absolute Gasteiger partial charge is 0.507 e. The highest BCUT2D eigenvalue weighted by Crippen LogP contribution is 2.25. The monoisotopic (exact) mass is 407 g/mol. The number of thiazole rings is 1. The van der Waals surface area contributed by atoms with Crippen molar-refractivity contribution >= 4 is 44.8 Å². The first-order valence-electron chi connectivity index (χ1n) is 6.97. The molecule has 23 heavy (non-hydrogen) atoms. The van der Waals surface area contributed by atoms with Crippen LogP contribution in [0, 0.1) is 0 Å². The first-order chi connectivity index (χ1) is 11.2. The third kappa shape index (κ3) is 3.63. The first-order valence-corrected chi connectivity index (χ1v) is 9.52. The Labute approximate surface area is 150 Å². The van der Waals surface area contributed by atoms with Crippen LogP contribution in [0.5, 0.6) is 5.75 Å². The lowest BCUT2D eigenvalue weighted by atomic mass is 10.2. The normalized spacial score (nSPS) is 12.3. The molecule has 0 saturated carbocycles. The van der Waals surface area contributed by atoms with Crippen LogP contribution in [0.3, 0.4) is 0 Å². The fraction of sp³-hybridized carbons (Fsp3) is 0.125. The van der Waals surface area contributed by atoms with Crippen molar-refractivity contribution in [2.24, 2.45) is 10.1 Å². The number of phenolic OH excluding ortho intramolecular Hbond substituents is 1. The molecule has 0 unspecified atom stereocenters. The number of halogens is 1. The molecule has 0 fully saturated rings. The maximum Gasteiger partial charge on any atom is 0.206 e. The summed E-state index contributed by atoms with van der Waals surface area (Å²) in [6.45, 7) is 2.70. The number of hydrogen-bond acceptors (Lipinski definition) is 5. The number of benzene rings is 1. The summed E-state index contributed by atoms with van der Waals surface area (Å²) in [4.78, 5) is 6.46. The topological polar surface area (TPSA) is 49.9 Å². The van der Waals surface area contributed by atoms with Crippen LogP contribution in [-0.2, 0) is 0 Å². The van der Waals surface area contributed by atoms with E-state index in [0.29, 0.717) is 12.1 Å². The van der Waals surface area contributed by atoms with Crippen LogP contribution in [0.25, 0.3) is 10.6 Å². The van der Waals surface area contributed by atoms with Crippen molar-refractivity contribution in [3.05, 3.63) is 55.9 Å². The number of hydrogen-bond donors (Lipinski definition) is 1. The molecule has 0 bridgehead atoms. The van der Waals surface area contributed by atoms with Crippen LogP contribution < -0.4 is 4.80 Å². The van der Waals surface area contributed by atoms with Gasteiger partial charge in [0.2, 0.25) is 4.80 Å². The minimum Gasteiger partial charge on any atom is -0.507 e. The van der Waals surface area contributed by atoms with Gasteiger partial charge < -0.3 is 5.11 Å². The second-order valence-electron chi connectivity index (χ2n) is 4.61. The maximum absolute atomic E-state index is 9.95. The van der Waals surface area contributed by atoms with Crippen LogP contribution in [0.2, 0.25) is 0 Å². The van der Waals surface area contributed by atoms with Crippen molar-refractivity contribution in [1.82, 2.24) is 4.68 Å². The summed E-state index contributed by atoms with van der Waals surface area (Å²) in [7, 11) is 0. The van der Waals surface area contributed by atoms with Crippen LogP contribution in [0.4, 0.5) is 0 Å². The first kappa shape index (κ1) is 16.2. The molecular formula is C16H14BrN3OS2. The van der Waals surface area contributed by atoms with Gasteiger partial charge in [-0.25, -0.2) is 4.68 Å². The standard InChI is InChI=1S/C16H14BrN3OS2/c1-2-18-16-20(13(10-23-16)15-4-3-7-22-15)19-9-11-8-12(17)5-6-14(11)21/h3-10,21H,2H2,1H3. The molecule has 0 aliphatic heterocycles. The zero-order chi connectivity index (χ0) is 16.2. The van der Waals surface area contributed by atoms with Crippen LogP contribution in [0.15, 0.2) is 55.7 Å². The van der Waals surface area contributed by atoms with Gasteiger partial charge in [-0.2, -0.15) is 5.10 Å². The maximum atomic E-state index is 9.95. The van der Waals surface area contributed by atoms with Crippen molar-refractivity contribution in [1.29, 1.82) is 0 Å². The van der Waals surface area contributed by atoms with Gasteiger partial charge in [0, 0.05) is 22.0 Å². The number of nitrogens with zero attached hydrogens (tertiary/aromatic N) is 3. The summed E-state index contributed by atoms with van der Waals surface area (Å²) in [5.41, 5.74) is 1.65. The summed E-state index contributed by atoms with van der Waals surface area (Å²) in [6, 6.07) is 9.33. The Hall–Kier alpha value is -1.70. The third-order valence-electron chi connectivity index (χ3n) is 3.05. The summed E-state index contributed by atoms with van der Waals surface area (Å²) in [5.74, 6) is 0.194. The van der Waals surface area contributed by atoms with Gasteiger partial charge in [0.25, 0.3) is 0 Å². The minimum atomic E-state index is 0.194. The van der Waals surface area contributed by atoms with Crippen molar-refractivity contribution < 1.29 is 5.11 Å². The highest BCUT2D eigenvalue weighted by molar-refractivity contribution is 9.10. The van der Waals surface area contributed by atoms with Crippen molar-refractivity contribution in [3.63, 3.8) is 0 Å². The fourth-order valence-electron chi connectivity index (χ4n) is 2.00. The van der Waals surface area contributed by atoms with Gasteiger partial charge in [0.05, 0.1) is 16.8 Å². The van der Waals surface area contributed by atoms with Crippen LogP contribution in [0.1, 0.15) is 12.5 Å². The van der Waals surface area contributed by atoms with Gasteiger partial charge in [-0.1, -0.05) is 22.0 Å². The fourth-order valence-corrected chi connectivity index (χ4v) is 4.07. The Kier molecular flexibility index (Phi) is 5.09. The molecule has 0 radical (unpaired) electrons. The third-order valence-corrected chi connectivity index (χ3v) is 5.29. The van der Waals surface area contributed by atoms with Gasteiger partial charge in [0.1, 0.15) is 5.75 Å². The van der Waals surface area contributed by atoms with E-state index in [1.807, 2.05) is 29.1 Å². The number of aromatic nitrogens is 1. The lowest BCUT2D eigenvalue weighted by Gasteiger charge is -2.02. The number of thiophene rings is 1. The molecule has 4 nitrogen and oxygen atoms in total. The molecule has 0 spiro atoms. The molecule has 0 atom stereocenters. The highest BCUT2D eigenvalue weighted by atomic mass is 79.9. The van der Waals surface area contributed by atoms with Crippen LogP contribution >= 0.6 is 38.6 Å². The average Bonchev–Trinajstić information content (AvgIpc) is 3.18. The molecule has 1 aromatic carbocycles. The minimum absolute atomic E-state index is 0.194. The molecule has 7 heteroatoms. The summed E-state index contributed by atoms with van der Waals surface area (Å²) in [5, 5.41) is 18.6. The zero-order valence-electron chi connectivity index (χ0n) is 12.3. The Morgan fingerprint density at radius 3 is 2.91 bits per heavy atom. The molecule has 2 heterocycles. The van der Waals surface area contributed by atoms with Crippen LogP contribution in [-0.4, -0.2) is 22.5 Å². The number of rotatable bonds is 4. The van der Waals surface area contributed by atoms with E-state index in [1.54, 1.807) is 41.0 Å². The Bertz CT molecular complexity index is 894. The quantitative estimate of drug-likeness (QED) is 0.633. The van der Waals surface area contributed by atoms with Gasteiger partial charge in [-0.3, -0.25) is 4.99 Å². The molecule has 0 aliphatic rings. The zero-order valence-corrected chi connectivity index (χ0v) is 15.5. The van der Waals surface area contributed by atoms with Crippen molar-refractivity contribution in [2.75, 3.05) is 6.54 Å². The summed E-state index contributed by atoms with van der Waals surface area (Å²) >= 11 is 6.63. The molecule has 1 N–H and O–H groups in total. The van der Waals surface area contributed by atoms with E-state index in [-0.39, 0.29) is 5.75 Å². The molecule has 0 saturated heterocycles. The van der Waals surface area contributed by atoms with E-state index in [9.17, 15) is 5.11 Å². The molecule has 3 rings (SSSR count). The van der Waals surface area contributed by atoms with Gasteiger partial charge in [-0.15, -0.1) is 22.7 Å². The number of aromatic hydroxyl groups is 1. The summed E-state index contributed by atoms with van der Waals surface area (Å²) < 4.78 is 2.71. The second kappa shape index (κ2) is 7.25. The van der Waals surface area contributed by atoms with E-state index in [4.69, 9.17) is 0 Å². The SMILES string of the molecule is CCN=c1scc(-c2cccs2)n1N=Cc1cc(Br)ccc1O. The molecular weight excluding hydrogens is 394 g/mol. The van der Waals surface area contributed by atoms with Gasteiger partial charge in [0.15, 0.2) is 0 Å². The van der Waals surface area contributed by atoms with E-state index in [1.165, 1.54) is 0 Å². The molecule has 118 valence electrons. The lowest BCUT2D eigenvalue weighted by molar-refractivity contribution is 0.474. The van der Waals surface area contributed by atoms with E-state index in [2.05, 4.69) is 37.5 Å². The van der Waals surface area contributed by atoms with E-state index >= 15 is 0 Å². The average molecular weight is 408 g/mol. The predicted octanol–water partition coefficient (Wildman–Crippen LogP) is 4.55. The van der Waals surface area contributed by atoms with Crippen molar-refractivity contribution in [2.45, 2.75) is 6.92 Å². The molecule has 0 aliphatic carbocycles. The lowest BCUT2D eigenvalue weighted by Crippen LogP contribution is -2.12. The Balaban J connectivity index is 2.08. The van der Waals surface area contributed by atoms with Gasteiger partial charge in [-0.05, 0) is 36.6 Å². The van der Waals surface area contributed by atoms with E-state index in [0.717, 1.165) is 19.8 Å². The Morgan fingerprint density at radius 1 is 1.30 bits per heavy atom. The van der Waals surface area contributed by atoms with Crippen molar-refractivity contribution in [3.8, 4) is 16.3 Å². The number of phenols is 1. The predicted molar refractivity (Wildman–Crippen MR) is 101 cm³/mol. The van der Waals surface area contributed by atoms with E-state index < -0.39 is 0 Å². The molecule has 0 amide bonds. The van der Waals surface area contributed by atoms with Gasteiger partial charge >= 0.3 is 0 Å². The Morgan fingerprint density at radius 2 is 2.17 bits per heavy atom. The highest BCUT2D eigenvalue weighted by Gasteiger charge is 2.08. The smallest absolute Gasteiger partial charge is 0.206 e. The second-order valence-corrected chi connectivity index (χ2v) is 7.31. The molecule has 3 aromatic rings.